The number of benzene rings is 1. The summed E-state index contributed by atoms with van der Waals surface area (Å²) < 4.78 is 30.8. The normalized spacial score (nSPS) is 22.6. The number of sulfonamides is 1. The highest BCUT2D eigenvalue weighted by molar-refractivity contribution is 7.89. The lowest BCUT2D eigenvalue weighted by Crippen LogP contribution is -2.33. The van der Waals surface area contributed by atoms with Crippen LogP contribution in [0.3, 0.4) is 0 Å². The Kier molecular flexibility index (Phi) is 5.17. The van der Waals surface area contributed by atoms with Crippen molar-refractivity contribution in [2.75, 3.05) is 32.9 Å². The minimum Gasteiger partial charge on any atom is -0.464 e. The maximum absolute atomic E-state index is 12.8. The van der Waals surface area contributed by atoms with Crippen LogP contribution < -0.4 is 4.74 Å². The average Bonchev–Trinajstić information content (AvgIpc) is 2.82. The van der Waals surface area contributed by atoms with Gasteiger partial charge in [-0.25, -0.2) is 12.7 Å². The van der Waals surface area contributed by atoms with Gasteiger partial charge in [-0.05, 0) is 18.2 Å². The first-order valence-electron chi connectivity index (χ1n) is 8.29. The SMILES string of the molecule is CN(C)S(=O)(=O)C[C@@H]1CN(C(=O)C2=Cc3ccccc3OC=C2)C[C@H]1O. The monoisotopic (exact) mass is 378 g/mol. The number of carbonyl (C=O) groups excluding carboxylic acids is 1. The molecule has 2 aliphatic rings. The Bertz CT molecular complexity index is 860. The molecule has 3 rings (SSSR count). The number of nitrogens with zero attached hydrogens (tertiary/aromatic N) is 2. The van der Waals surface area contributed by atoms with E-state index in [0.717, 1.165) is 9.87 Å². The molecule has 0 spiro atoms. The zero-order valence-corrected chi connectivity index (χ0v) is 15.5. The van der Waals surface area contributed by atoms with E-state index < -0.39 is 22.0 Å². The molecule has 26 heavy (non-hydrogen) atoms. The van der Waals surface area contributed by atoms with Crippen LogP contribution in [0.2, 0.25) is 0 Å². The summed E-state index contributed by atoms with van der Waals surface area (Å²) >= 11 is 0. The van der Waals surface area contributed by atoms with Crippen LogP contribution in [0.15, 0.2) is 42.2 Å². The van der Waals surface area contributed by atoms with Gasteiger partial charge in [-0.1, -0.05) is 18.2 Å². The lowest BCUT2D eigenvalue weighted by Gasteiger charge is -2.18. The second-order valence-corrected chi connectivity index (χ2v) is 8.88. The van der Waals surface area contributed by atoms with Crippen molar-refractivity contribution in [2.45, 2.75) is 6.10 Å². The molecule has 1 aromatic carbocycles. The van der Waals surface area contributed by atoms with E-state index in [4.69, 9.17) is 4.74 Å². The summed E-state index contributed by atoms with van der Waals surface area (Å²) in [6.07, 6.45) is 3.90. The number of aliphatic hydroxyl groups excluding tert-OH is 1. The number of hydrogen-bond acceptors (Lipinski definition) is 5. The van der Waals surface area contributed by atoms with Gasteiger partial charge in [0, 0.05) is 44.2 Å². The number of amides is 1. The second-order valence-electron chi connectivity index (χ2n) is 6.66. The van der Waals surface area contributed by atoms with Crippen LogP contribution in [0, 0.1) is 5.92 Å². The molecule has 0 unspecified atom stereocenters. The molecule has 1 N–H and O–H groups in total. The minimum atomic E-state index is -3.45. The van der Waals surface area contributed by atoms with Gasteiger partial charge in [0.05, 0.1) is 18.1 Å². The third-order valence-corrected chi connectivity index (χ3v) is 6.56. The van der Waals surface area contributed by atoms with Crippen LogP contribution in [0.25, 0.3) is 6.08 Å². The molecule has 8 heteroatoms. The summed E-state index contributed by atoms with van der Waals surface area (Å²) in [5.41, 5.74) is 1.21. The summed E-state index contributed by atoms with van der Waals surface area (Å²) in [4.78, 5) is 14.3. The van der Waals surface area contributed by atoms with Crippen molar-refractivity contribution in [3.8, 4) is 5.75 Å². The first kappa shape index (κ1) is 18.6. The molecular formula is C18H22N2O5S. The Morgan fingerprint density at radius 3 is 2.77 bits per heavy atom. The van der Waals surface area contributed by atoms with Crippen molar-refractivity contribution in [2.24, 2.45) is 5.92 Å². The number of carbonyl (C=O) groups is 1. The van der Waals surface area contributed by atoms with Crippen molar-refractivity contribution in [3.63, 3.8) is 0 Å². The van der Waals surface area contributed by atoms with Crippen molar-refractivity contribution in [1.82, 2.24) is 9.21 Å². The average molecular weight is 378 g/mol. The quantitative estimate of drug-likeness (QED) is 0.833. The number of aliphatic hydroxyl groups is 1. The zero-order valence-electron chi connectivity index (χ0n) is 14.7. The summed E-state index contributed by atoms with van der Waals surface area (Å²) in [7, 11) is -0.535. The molecule has 1 aromatic rings. The highest BCUT2D eigenvalue weighted by Crippen LogP contribution is 2.27. The topological polar surface area (TPSA) is 87.2 Å². The fraction of sp³-hybridized carbons (Fsp3) is 0.389. The van der Waals surface area contributed by atoms with Crippen LogP contribution in [0.1, 0.15) is 5.56 Å². The number of ether oxygens (including phenoxy) is 1. The molecule has 7 nitrogen and oxygen atoms in total. The first-order valence-corrected chi connectivity index (χ1v) is 9.90. The number of fused-ring (bicyclic) bond motifs is 1. The van der Waals surface area contributed by atoms with Gasteiger partial charge in [-0.2, -0.15) is 0 Å². The number of β-amino-alcohol motifs (C(OH)–C–C–N with tert-alkyl or cyclic N) is 1. The molecule has 1 amide bonds. The van der Waals surface area contributed by atoms with Gasteiger partial charge in [0.1, 0.15) is 5.75 Å². The van der Waals surface area contributed by atoms with Crippen molar-refractivity contribution >= 4 is 22.0 Å². The highest BCUT2D eigenvalue weighted by Gasteiger charge is 2.37. The van der Waals surface area contributed by atoms with Crippen molar-refractivity contribution in [3.05, 3.63) is 47.7 Å². The Morgan fingerprint density at radius 1 is 1.31 bits per heavy atom. The smallest absolute Gasteiger partial charge is 0.254 e. The predicted octanol–water partition coefficient (Wildman–Crippen LogP) is 0.687. The van der Waals surface area contributed by atoms with E-state index >= 15 is 0 Å². The molecule has 0 bridgehead atoms. The fourth-order valence-electron chi connectivity index (χ4n) is 3.02. The third-order valence-electron chi connectivity index (χ3n) is 4.59. The zero-order chi connectivity index (χ0) is 18.9. The van der Waals surface area contributed by atoms with E-state index in [0.29, 0.717) is 11.3 Å². The molecule has 0 saturated carbocycles. The van der Waals surface area contributed by atoms with Gasteiger partial charge in [0.2, 0.25) is 10.0 Å². The largest absolute Gasteiger partial charge is 0.464 e. The van der Waals surface area contributed by atoms with Crippen LogP contribution in [0.5, 0.6) is 5.75 Å². The van der Waals surface area contributed by atoms with Crippen molar-refractivity contribution in [1.29, 1.82) is 0 Å². The highest BCUT2D eigenvalue weighted by atomic mass is 32.2. The van der Waals surface area contributed by atoms with E-state index in [2.05, 4.69) is 0 Å². The van der Waals surface area contributed by atoms with Gasteiger partial charge in [-0.3, -0.25) is 4.79 Å². The summed E-state index contributed by atoms with van der Waals surface area (Å²) in [5, 5.41) is 10.2. The first-order chi connectivity index (χ1) is 12.3. The van der Waals surface area contributed by atoms with E-state index in [1.54, 1.807) is 12.2 Å². The van der Waals surface area contributed by atoms with Crippen LogP contribution in [0.4, 0.5) is 0 Å². The lowest BCUT2D eigenvalue weighted by molar-refractivity contribution is -0.126. The van der Waals surface area contributed by atoms with Gasteiger partial charge in [0.15, 0.2) is 0 Å². The predicted molar refractivity (Wildman–Crippen MR) is 97.7 cm³/mol. The third kappa shape index (κ3) is 3.82. The van der Waals surface area contributed by atoms with Gasteiger partial charge in [0.25, 0.3) is 5.91 Å². The summed E-state index contributed by atoms with van der Waals surface area (Å²) in [6, 6.07) is 7.36. The summed E-state index contributed by atoms with van der Waals surface area (Å²) in [5.74, 6) is -0.301. The van der Waals surface area contributed by atoms with Crippen LogP contribution in [-0.2, 0) is 14.8 Å². The molecular weight excluding hydrogens is 356 g/mol. The van der Waals surface area contributed by atoms with E-state index in [1.165, 1.54) is 25.3 Å². The molecule has 0 aromatic heterocycles. The number of rotatable bonds is 4. The number of para-hydroxylation sites is 1. The Balaban J connectivity index is 1.76. The standard InChI is InChI=1S/C18H22N2O5S/c1-19(2)26(23,24)12-15-10-20(11-16(15)21)18(22)14-7-8-25-17-6-4-3-5-13(17)9-14/h3-9,15-16,21H,10-12H2,1-2H3/t15-,16+/m0/s1. The van der Waals surface area contributed by atoms with E-state index in [9.17, 15) is 18.3 Å². The molecule has 140 valence electrons. The molecule has 1 saturated heterocycles. The fourth-order valence-corrected chi connectivity index (χ4v) is 4.19. The van der Waals surface area contributed by atoms with Crippen LogP contribution in [-0.4, -0.2) is 67.7 Å². The minimum absolute atomic E-state index is 0.111. The maximum Gasteiger partial charge on any atom is 0.254 e. The van der Waals surface area contributed by atoms with E-state index in [1.807, 2.05) is 24.3 Å². The number of hydrogen-bond donors (Lipinski definition) is 1. The van der Waals surface area contributed by atoms with Gasteiger partial charge in [-0.15, -0.1) is 0 Å². The van der Waals surface area contributed by atoms with E-state index in [-0.39, 0.29) is 24.7 Å². The Morgan fingerprint density at radius 2 is 2.04 bits per heavy atom. The maximum atomic E-state index is 12.8. The second kappa shape index (κ2) is 7.22. The van der Waals surface area contributed by atoms with Gasteiger partial charge >= 0.3 is 0 Å². The van der Waals surface area contributed by atoms with Crippen molar-refractivity contribution < 1.29 is 23.1 Å². The van der Waals surface area contributed by atoms with Gasteiger partial charge < -0.3 is 14.7 Å². The lowest BCUT2D eigenvalue weighted by atomic mass is 10.1. The van der Waals surface area contributed by atoms with Crippen LogP contribution >= 0.6 is 0 Å². The molecule has 2 heterocycles. The Labute approximate surface area is 153 Å². The molecule has 0 aliphatic carbocycles. The molecule has 0 radical (unpaired) electrons. The number of likely N-dealkylation sites (tertiary alicyclic amines) is 1. The molecule has 2 atom stereocenters. The summed E-state index contributed by atoms with van der Waals surface area (Å²) in [6.45, 7) is 0.306. The Hall–Kier alpha value is -2.16. The molecule has 2 aliphatic heterocycles. The molecule has 1 fully saturated rings.